The van der Waals surface area contributed by atoms with Crippen molar-refractivity contribution >= 4 is 11.9 Å². The number of ether oxygens (including phenoxy) is 2. The van der Waals surface area contributed by atoms with E-state index in [4.69, 9.17) is 9.47 Å². The van der Waals surface area contributed by atoms with E-state index < -0.39 is 0 Å². The Morgan fingerprint density at radius 3 is 1.77 bits per heavy atom. The smallest absolute Gasteiger partial charge is 0.338 e. The second kappa shape index (κ2) is 18.4. The van der Waals surface area contributed by atoms with Crippen LogP contribution in [0.1, 0.15) is 99.8 Å². The molecule has 0 aliphatic carbocycles. The minimum Gasteiger partial charge on any atom is -0.459 e. The van der Waals surface area contributed by atoms with Crippen LogP contribution in [0.5, 0.6) is 0 Å². The first-order valence-corrected chi connectivity index (χ1v) is 13.1. The quantitative estimate of drug-likeness (QED) is 0.201. The van der Waals surface area contributed by atoms with Crippen molar-refractivity contribution in [1.82, 2.24) is 0 Å². The van der Waals surface area contributed by atoms with E-state index in [1.54, 1.807) is 48.5 Å². The van der Waals surface area contributed by atoms with Gasteiger partial charge in [0.2, 0.25) is 0 Å². The van der Waals surface area contributed by atoms with Gasteiger partial charge in [0.05, 0.1) is 11.1 Å². The van der Waals surface area contributed by atoms with Crippen LogP contribution in [0.15, 0.2) is 73.3 Å². The van der Waals surface area contributed by atoms with E-state index in [0.717, 1.165) is 18.8 Å². The molecule has 0 aliphatic rings. The maximum atomic E-state index is 12.2. The average Bonchev–Trinajstić information content (AvgIpc) is 2.88. The number of carbonyl (C=O) groups is 2. The molecule has 0 N–H and O–H groups in total. The Labute approximate surface area is 212 Å². The van der Waals surface area contributed by atoms with Crippen LogP contribution < -0.4 is 0 Å². The van der Waals surface area contributed by atoms with Gasteiger partial charge in [-0.05, 0) is 56.4 Å². The summed E-state index contributed by atoms with van der Waals surface area (Å²) in [6.45, 7) is 12.1. The normalized spacial score (nSPS) is 12.9. The van der Waals surface area contributed by atoms with Crippen molar-refractivity contribution in [2.45, 2.75) is 91.3 Å². The van der Waals surface area contributed by atoms with Crippen molar-refractivity contribution in [3.8, 4) is 0 Å². The molecule has 4 heteroatoms. The fourth-order valence-electron chi connectivity index (χ4n) is 3.90. The number of benzene rings is 2. The van der Waals surface area contributed by atoms with Crippen molar-refractivity contribution in [1.29, 1.82) is 0 Å². The highest BCUT2D eigenvalue weighted by molar-refractivity contribution is 5.90. The third-order valence-corrected chi connectivity index (χ3v) is 5.86. The Morgan fingerprint density at radius 1 is 0.800 bits per heavy atom. The molecule has 0 saturated carbocycles. The fourth-order valence-corrected chi connectivity index (χ4v) is 3.90. The number of esters is 2. The predicted molar refractivity (Wildman–Crippen MR) is 145 cm³/mol. The molecule has 0 amide bonds. The molecule has 0 bridgehead atoms. The summed E-state index contributed by atoms with van der Waals surface area (Å²) in [5.74, 6) is 0.237. The van der Waals surface area contributed by atoms with Gasteiger partial charge in [-0.3, -0.25) is 0 Å². The third-order valence-electron chi connectivity index (χ3n) is 5.86. The zero-order valence-electron chi connectivity index (χ0n) is 22.1. The molecular weight excluding hydrogens is 436 g/mol. The van der Waals surface area contributed by atoms with Gasteiger partial charge in [0.1, 0.15) is 12.2 Å². The predicted octanol–water partition coefficient (Wildman–Crippen LogP) is 8.43. The summed E-state index contributed by atoms with van der Waals surface area (Å²) < 4.78 is 11.1. The van der Waals surface area contributed by atoms with E-state index in [1.165, 1.54) is 32.1 Å². The molecule has 3 unspecified atom stereocenters. The van der Waals surface area contributed by atoms with Crippen LogP contribution in [0.3, 0.4) is 0 Å². The molecule has 35 heavy (non-hydrogen) atoms. The first-order chi connectivity index (χ1) is 16.9. The van der Waals surface area contributed by atoms with E-state index in [2.05, 4.69) is 20.4 Å². The van der Waals surface area contributed by atoms with Gasteiger partial charge in [0.15, 0.2) is 0 Å². The standard InChI is InChI=1S/C21H24O4.C10H20/c1-3-10-19(25-21(23)18-13-8-5-9-14-18)15-16(2)24-20(22)17-11-6-4-7-12-17;1-4-7-9-10(6-3)8-5-2/h4-9,11-14,16,19H,3,10,15H2,1-2H3;4,10H,1,5-9H2,2-3H3. The SMILES string of the molecule is C=CCCC(CC)CCC.CCCC(CC(C)OC(=O)c1ccccc1)OC(=O)c1ccccc1. The van der Waals surface area contributed by atoms with Crippen molar-refractivity contribution in [2.75, 3.05) is 0 Å². The Morgan fingerprint density at radius 2 is 1.31 bits per heavy atom. The lowest BCUT2D eigenvalue weighted by molar-refractivity contribution is 0.00162. The zero-order chi connectivity index (χ0) is 25.9. The Hall–Kier alpha value is -2.88. The first-order valence-electron chi connectivity index (χ1n) is 13.1. The number of carbonyl (C=O) groups excluding carboxylic acids is 2. The van der Waals surface area contributed by atoms with Crippen molar-refractivity contribution in [2.24, 2.45) is 5.92 Å². The minimum atomic E-state index is -0.363. The molecule has 4 nitrogen and oxygen atoms in total. The van der Waals surface area contributed by atoms with Gasteiger partial charge in [-0.2, -0.15) is 0 Å². The average molecular weight is 481 g/mol. The molecule has 0 heterocycles. The third kappa shape index (κ3) is 13.0. The van der Waals surface area contributed by atoms with E-state index in [0.29, 0.717) is 17.5 Å². The lowest BCUT2D eigenvalue weighted by atomic mass is 9.95. The van der Waals surface area contributed by atoms with Crippen LogP contribution in [0.25, 0.3) is 0 Å². The molecule has 0 aliphatic heterocycles. The highest BCUT2D eigenvalue weighted by Crippen LogP contribution is 2.17. The molecule has 2 aromatic carbocycles. The first kappa shape index (κ1) is 30.2. The molecule has 0 radical (unpaired) electrons. The molecule has 0 fully saturated rings. The molecule has 0 spiro atoms. The number of rotatable bonds is 14. The Balaban J connectivity index is 0.000000518. The van der Waals surface area contributed by atoms with Crippen LogP contribution >= 0.6 is 0 Å². The Kier molecular flexibility index (Phi) is 15.9. The van der Waals surface area contributed by atoms with E-state index >= 15 is 0 Å². The summed E-state index contributed by atoms with van der Waals surface area (Å²) in [5.41, 5.74) is 1.04. The highest BCUT2D eigenvalue weighted by atomic mass is 16.6. The molecular formula is C31H44O4. The van der Waals surface area contributed by atoms with Gasteiger partial charge >= 0.3 is 11.9 Å². The van der Waals surface area contributed by atoms with E-state index in [-0.39, 0.29) is 24.1 Å². The van der Waals surface area contributed by atoms with Gasteiger partial charge < -0.3 is 9.47 Å². The van der Waals surface area contributed by atoms with Crippen LogP contribution in [-0.2, 0) is 9.47 Å². The van der Waals surface area contributed by atoms with Crippen LogP contribution in [0, 0.1) is 5.92 Å². The van der Waals surface area contributed by atoms with E-state index in [9.17, 15) is 9.59 Å². The highest BCUT2D eigenvalue weighted by Gasteiger charge is 2.21. The number of hydrogen-bond donors (Lipinski definition) is 0. The maximum absolute atomic E-state index is 12.2. The molecule has 0 saturated heterocycles. The fraction of sp³-hybridized carbons (Fsp3) is 0.484. The van der Waals surface area contributed by atoms with Crippen molar-refractivity contribution in [3.05, 3.63) is 84.4 Å². The molecule has 192 valence electrons. The van der Waals surface area contributed by atoms with Gasteiger partial charge in [0.25, 0.3) is 0 Å². The summed E-state index contributed by atoms with van der Waals surface area (Å²) in [4.78, 5) is 24.3. The Bertz CT molecular complexity index is 832. The molecule has 3 atom stereocenters. The summed E-state index contributed by atoms with van der Waals surface area (Å²) in [7, 11) is 0. The zero-order valence-corrected chi connectivity index (χ0v) is 22.1. The van der Waals surface area contributed by atoms with Crippen molar-refractivity contribution < 1.29 is 19.1 Å². The van der Waals surface area contributed by atoms with Crippen LogP contribution in [0.2, 0.25) is 0 Å². The van der Waals surface area contributed by atoms with Gasteiger partial charge in [-0.25, -0.2) is 9.59 Å². The minimum absolute atomic E-state index is 0.281. The van der Waals surface area contributed by atoms with E-state index in [1.807, 2.05) is 32.1 Å². The number of allylic oxidation sites excluding steroid dienone is 1. The van der Waals surface area contributed by atoms with Gasteiger partial charge in [-0.1, -0.05) is 88.9 Å². The maximum Gasteiger partial charge on any atom is 0.338 e. The second-order valence-corrected chi connectivity index (χ2v) is 8.93. The van der Waals surface area contributed by atoms with Gasteiger partial charge in [-0.15, -0.1) is 6.58 Å². The lowest BCUT2D eigenvalue weighted by Crippen LogP contribution is -2.25. The summed E-state index contributed by atoms with van der Waals surface area (Å²) in [5, 5.41) is 0. The summed E-state index contributed by atoms with van der Waals surface area (Å²) in [6.07, 6.45) is 10.1. The largest absolute Gasteiger partial charge is 0.459 e. The molecule has 2 rings (SSSR count). The summed E-state index contributed by atoms with van der Waals surface area (Å²) in [6, 6.07) is 17.8. The topological polar surface area (TPSA) is 52.6 Å². The lowest BCUT2D eigenvalue weighted by Gasteiger charge is -2.21. The van der Waals surface area contributed by atoms with Crippen LogP contribution in [0.4, 0.5) is 0 Å². The monoisotopic (exact) mass is 480 g/mol. The van der Waals surface area contributed by atoms with Gasteiger partial charge in [0, 0.05) is 6.42 Å². The molecule has 2 aromatic rings. The summed E-state index contributed by atoms with van der Waals surface area (Å²) >= 11 is 0. The van der Waals surface area contributed by atoms with Crippen molar-refractivity contribution in [3.63, 3.8) is 0 Å². The number of hydrogen-bond acceptors (Lipinski definition) is 4. The second-order valence-electron chi connectivity index (χ2n) is 8.93. The molecule has 0 aromatic heterocycles. The van der Waals surface area contributed by atoms with Crippen LogP contribution in [-0.4, -0.2) is 24.1 Å².